The number of hydrogen-bond donors (Lipinski definition) is 0. The van der Waals surface area contributed by atoms with Crippen molar-refractivity contribution in [1.29, 1.82) is 0 Å². The summed E-state index contributed by atoms with van der Waals surface area (Å²) in [6, 6.07) is 0. The molecule has 7 heteroatoms. The number of carbonyl (C=O) groups is 1. The minimum atomic E-state index is -4.24. The van der Waals surface area contributed by atoms with Gasteiger partial charge in [0.1, 0.15) is 5.82 Å². The lowest BCUT2D eigenvalue weighted by molar-refractivity contribution is -0.134. The van der Waals surface area contributed by atoms with Gasteiger partial charge < -0.3 is 4.74 Å². The third-order valence-electron chi connectivity index (χ3n) is 2.53. The lowest BCUT2D eigenvalue weighted by Crippen LogP contribution is -2.14. The van der Waals surface area contributed by atoms with E-state index in [0.29, 0.717) is 12.1 Å². The number of halogens is 3. The zero-order valence-corrected chi connectivity index (χ0v) is 11.5. The van der Waals surface area contributed by atoms with E-state index in [-0.39, 0.29) is 24.4 Å². The molecule has 0 unspecified atom stereocenters. The zero-order valence-electron chi connectivity index (χ0n) is 11.5. The average Bonchev–Trinajstić information content (AvgIpc) is 2.36. The Hall–Kier alpha value is -1.66. The highest BCUT2D eigenvalue weighted by atomic mass is 19.4. The molecule has 0 aromatic carbocycles. The molecule has 0 spiro atoms. The van der Waals surface area contributed by atoms with Crippen molar-refractivity contribution in [3.63, 3.8) is 0 Å². The molecule has 0 bridgehead atoms. The highest BCUT2D eigenvalue weighted by Crippen LogP contribution is 2.21. The van der Waals surface area contributed by atoms with E-state index < -0.39 is 18.6 Å². The summed E-state index contributed by atoms with van der Waals surface area (Å²) in [6.45, 7) is 3.79. The molecule has 1 aromatic rings. The molecule has 1 heterocycles. The Balaban J connectivity index is 2.91. The molecule has 1 rings (SSSR count). The van der Waals surface area contributed by atoms with Gasteiger partial charge in [0.15, 0.2) is 0 Å². The quantitative estimate of drug-likeness (QED) is 0.755. The van der Waals surface area contributed by atoms with Gasteiger partial charge in [0.25, 0.3) is 0 Å². The van der Waals surface area contributed by atoms with Crippen LogP contribution in [0.4, 0.5) is 13.2 Å². The molecule has 1 aromatic heterocycles. The number of alkyl halides is 3. The summed E-state index contributed by atoms with van der Waals surface area (Å²) < 4.78 is 41.4. The first-order valence-electron chi connectivity index (χ1n) is 6.46. The van der Waals surface area contributed by atoms with Gasteiger partial charge in [-0.3, -0.25) is 0 Å². The van der Waals surface area contributed by atoms with Crippen molar-refractivity contribution in [3.8, 4) is 0 Å². The van der Waals surface area contributed by atoms with Crippen LogP contribution < -0.4 is 0 Å². The van der Waals surface area contributed by atoms with Gasteiger partial charge in [-0.1, -0.05) is 13.3 Å². The van der Waals surface area contributed by atoms with Gasteiger partial charge in [-0.15, -0.1) is 0 Å². The van der Waals surface area contributed by atoms with E-state index in [1.165, 1.54) is 6.20 Å². The molecular formula is C13H17F3N2O2. The van der Waals surface area contributed by atoms with Gasteiger partial charge in [0, 0.05) is 12.6 Å². The molecule has 0 saturated heterocycles. The molecule has 0 N–H and O–H groups in total. The topological polar surface area (TPSA) is 52.1 Å². The Bertz CT molecular complexity index is 461. The smallest absolute Gasteiger partial charge is 0.389 e. The van der Waals surface area contributed by atoms with Crippen LogP contribution in [0.15, 0.2) is 6.20 Å². The van der Waals surface area contributed by atoms with Crippen LogP contribution in [0, 0.1) is 0 Å². The van der Waals surface area contributed by atoms with Gasteiger partial charge in [-0.2, -0.15) is 13.2 Å². The summed E-state index contributed by atoms with van der Waals surface area (Å²) >= 11 is 0. The first-order valence-corrected chi connectivity index (χ1v) is 6.46. The van der Waals surface area contributed by atoms with E-state index in [1.54, 1.807) is 6.92 Å². The summed E-state index contributed by atoms with van der Waals surface area (Å²) in [4.78, 5) is 19.6. The average molecular weight is 290 g/mol. The summed E-state index contributed by atoms with van der Waals surface area (Å²) in [7, 11) is 0. The van der Waals surface area contributed by atoms with Gasteiger partial charge in [-0.05, 0) is 13.3 Å². The highest BCUT2D eigenvalue weighted by molar-refractivity contribution is 5.90. The molecule has 0 saturated carbocycles. The van der Waals surface area contributed by atoms with E-state index in [2.05, 4.69) is 9.97 Å². The normalized spacial score (nSPS) is 11.4. The van der Waals surface area contributed by atoms with Crippen LogP contribution in [0.5, 0.6) is 0 Å². The number of esters is 1. The van der Waals surface area contributed by atoms with Gasteiger partial charge in [-0.25, -0.2) is 14.8 Å². The lowest BCUT2D eigenvalue weighted by atomic mass is 10.1. The molecule has 0 aliphatic heterocycles. The molecule has 0 aliphatic rings. The second-order valence-corrected chi connectivity index (χ2v) is 4.23. The van der Waals surface area contributed by atoms with E-state index >= 15 is 0 Å². The van der Waals surface area contributed by atoms with Crippen molar-refractivity contribution >= 4 is 5.97 Å². The Kier molecular flexibility index (Phi) is 5.91. The van der Waals surface area contributed by atoms with Crippen molar-refractivity contribution < 1.29 is 22.7 Å². The van der Waals surface area contributed by atoms with Crippen LogP contribution >= 0.6 is 0 Å². The maximum atomic E-state index is 12.2. The van der Waals surface area contributed by atoms with Gasteiger partial charge in [0.2, 0.25) is 0 Å². The van der Waals surface area contributed by atoms with Crippen LogP contribution in [0.1, 0.15) is 48.6 Å². The Morgan fingerprint density at radius 3 is 2.55 bits per heavy atom. The standard InChI is InChI=1S/C13H17F3N2O2/c1-3-5-10-9(12(19)20-4-2)8-17-11(18-10)6-7-13(14,15)16/h8H,3-7H2,1-2H3. The third kappa shape index (κ3) is 5.14. The van der Waals surface area contributed by atoms with E-state index in [4.69, 9.17) is 4.74 Å². The summed E-state index contributed by atoms with van der Waals surface area (Å²) in [5.74, 6) is -0.447. The fraction of sp³-hybridized carbons (Fsp3) is 0.615. The van der Waals surface area contributed by atoms with E-state index in [0.717, 1.165) is 6.42 Å². The van der Waals surface area contributed by atoms with Crippen molar-refractivity contribution in [1.82, 2.24) is 9.97 Å². The molecule has 20 heavy (non-hydrogen) atoms. The molecule has 0 radical (unpaired) electrons. The molecule has 112 valence electrons. The largest absolute Gasteiger partial charge is 0.462 e. The Labute approximate surface area is 115 Å². The summed E-state index contributed by atoms with van der Waals surface area (Å²) in [5, 5.41) is 0. The molecule has 0 fully saturated rings. The van der Waals surface area contributed by atoms with Crippen molar-refractivity contribution in [3.05, 3.63) is 23.3 Å². The predicted octanol–water partition coefficient (Wildman–Crippen LogP) is 3.10. The summed E-state index contributed by atoms with van der Waals surface area (Å²) in [6.07, 6.45) is -3.03. The minimum absolute atomic E-state index is 0.0961. The maximum Gasteiger partial charge on any atom is 0.389 e. The first-order chi connectivity index (χ1) is 9.37. The Morgan fingerprint density at radius 1 is 1.30 bits per heavy atom. The van der Waals surface area contributed by atoms with Crippen molar-refractivity contribution in [2.75, 3.05) is 6.61 Å². The van der Waals surface area contributed by atoms with Gasteiger partial charge in [0.05, 0.1) is 24.3 Å². The molecule has 4 nitrogen and oxygen atoms in total. The molecule has 0 aliphatic carbocycles. The SMILES string of the molecule is CCCc1nc(CCC(F)(F)F)ncc1C(=O)OCC. The Morgan fingerprint density at radius 2 is 2.00 bits per heavy atom. The third-order valence-corrected chi connectivity index (χ3v) is 2.53. The second kappa shape index (κ2) is 7.21. The highest BCUT2D eigenvalue weighted by Gasteiger charge is 2.27. The molecule has 0 atom stereocenters. The number of hydrogen-bond acceptors (Lipinski definition) is 4. The van der Waals surface area contributed by atoms with Crippen molar-refractivity contribution in [2.24, 2.45) is 0 Å². The number of rotatable bonds is 6. The number of carbonyl (C=O) groups excluding carboxylic acids is 1. The van der Waals surface area contributed by atoms with Crippen molar-refractivity contribution in [2.45, 2.75) is 45.7 Å². The number of nitrogens with zero attached hydrogens (tertiary/aromatic N) is 2. The first kappa shape index (κ1) is 16.4. The minimum Gasteiger partial charge on any atom is -0.462 e. The van der Waals surface area contributed by atoms with E-state index in [9.17, 15) is 18.0 Å². The number of aromatic nitrogens is 2. The fourth-order valence-corrected chi connectivity index (χ4v) is 1.64. The monoisotopic (exact) mass is 290 g/mol. The maximum absolute atomic E-state index is 12.2. The fourth-order valence-electron chi connectivity index (χ4n) is 1.64. The predicted molar refractivity (Wildman–Crippen MR) is 66.4 cm³/mol. The molecular weight excluding hydrogens is 273 g/mol. The van der Waals surface area contributed by atoms with Crippen LogP contribution in [0.3, 0.4) is 0 Å². The van der Waals surface area contributed by atoms with Crippen LogP contribution in [-0.2, 0) is 17.6 Å². The lowest BCUT2D eigenvalue weighted by Gasteiger charge is -2.10. The zero-order chi connectivity index (χ0) is 15.2. The van der Waals surface area contributed by atoms with Gasteiger partial charge >= 0.3 is 12.1 Å². The molecule has 0 amide bonds. The summed E-state index contributed by atoms with van der Waals surface area (Å²) in [5.41, 5.74) is 0.669. The van der Waals surface area contributed by atoms with Crippen LogP contribution in [0.25, 0.3) is 0 Å². The van der Waals surface area contributed by atoms with E-state index in [1.807, 2.05) is 6.92 Å². The second-order valence-electron chi connectivity index (χ2n) is 4.23. The van der Waals surface area contributed by atoms with Crippen LogP contribution in [-0.4, -0.2) is 28.7 Å². The number of aryl methyl sites for hydroxylation is 2. The van der Waals surface area contributed by atoms with Crippen LogP contribution in [0.2, 0.25) is 0 Å². The number of ether oxygens (including phenoxy) is 1.